The second kappa shape index (κ2) is 7.10. The zero-order chi connectivity index (χ0) is 12.8. The number of nitrogens with one attached hydrogen (secondary N) is 1. The SMILES string of the molecule is Fc1cc(Br)ccc1OCCNCC1CCCC1. The number of benzene rings is 1. The van der Waals surface area contributed by atoms with Crippen molar-refractivity contribution in [2.24, 2.45) is 5.92 Å². The minimum absolute atomic E-state index is 0.319. The Kier molecular flexibility index (Phi) is 5.45. The van der Waals surface area contributed by atoms with Crippen LogP contribution in [-0.4, -0.2) is 19.7 Å². The number of rotatable bonds is 6. The van der Waals surface area contributed by atoms with Gasteiger partial charge in [0, 0.05) is 11.0 Å². The third-order valence-electron chi connectivity index (χ3n) is 3.34. The third-order valence-corrected chi connectivity index (χ3v) is 3.83. The summed E-state index contributed by atoms with van der Waals surface area (Å²) in [7, 11) is 0. The Bertz CT molecular complexity index is 380. The molecule has 0 aliphatic heterocycles. The number of ether oxygens (including phenoxy) is 1. The van der Waals surface area contributed by atoms with Crippen molar-refractivity contribution in [3.8, 4) is 5.75 Å². The highest BCUT2D eigenvalue weighted by Gasteiger charge is 2.13. The van der Waals surface area contributed by atoms with E-state index in [9.17, 15) is 4.39 Å². The first-order chi connectivity index (χ1) is 8.75. The van der Waals surface area contributed by atoms with Crippen LogP contribution in [0.3, 0.4) is 0 Å². The zero-order valence-electron chi connectivity index (χ0n) is 10.4. The van der Waals surface area contributed by atoms with Crippen molar-refractivity contribution in [1.82, 2.24) is 5.32 Å². The van der Waals surface area contributed by atoms with Crippen LogP contribution in [-0.2, 0) is 0 Å². The summed E-state index contributed by atoms with van der Waals surface area (Å²) in [4.78, 5) is 0. The molecule has 1 aliphatic rings. The van der Waals surface area contributed by atoms with E-state index in [0.29, 0.717) is 12.4 Å². The molecule has 0 saturated heterocycles. The Morgan fingerprint density at radius 2 is 2.11 bits per heavy atom. The van der Waals surface area contributed by atoms with Gasteiger partial charge in [-0.25, -0.2) is 4.39 Å². The van der Waals surface area contributed by atoms with Crippen LogP contribution < -0.4 is 10.1 Å². The fraction of sp³-hybridized carbons (Fsp3) is 0.571. The average molecular weight is 316 g/mol. The van der Waals surface area contributed by atoms with E-state index in [0.717, 1.165) is 23.5 Å². The van der Waals surface area contributed by atoms with Crippen LogP contribution in [0.5, 0.6) is 5.75 Å². The molecule has 100 valence electrons. The summed E-state index contributed by atoms with van der Waals surface area (Å²) in [6.07, 6.45) is 5.42. The summed E-state index contributed by atoms with van der Waals surface area (Å²) < 4.78 is 19.6. The standard InChI is InChI=1S/C14H19BrFNO/c15-12-5-6-14(13(16)9-12)18-8-7-17-10-11-3-1-2-4-11/h5-6,9,11,17H,1-4,7-8,10H2. The summed E-state index contributed by atoms with van der Waals surface area (Å²) in [5.74, 6) is 0.829. The van der Waals surface area contributed by atoms with Gasteiger partial charge in [0.05, 0.1) is 0 Å². The molecule has 0 atom stereocenters. The lowest BCUT2D eigenvalue weighted by Gasteiger charge is -2.11. The van der Waals surface area contributed by atoms with Gasteiger partial charge in [0.15, 0.2) is 11.6 Å². The topological polar surface area (TPSA) is 21.3 Å². The number of hydrogen-bond acceptors (Lipinski definition) is 2. The molecule has 0 radical (unpaired) electrons. The first-order valence-electron chi connectivity index (χ1n) is 6.54. The lowest BCUT2D eigenvalue weighted by molar-refractivity contribution is 0.294. The summed E-state index contributed by atoms with van der Waals surface area (Å²) in [6, 6.07) is 4.85. The molecule has 4 heteroatoms. The molecule has 0 aromatic heterocycles. The van der Waals surface area contributed by atoms with E-state index in [2.05, 4.69) is 21.2 Å². The van der Waals surface area contributed by atoms with Gasteiger partial charge in [-0.15, -0.1) is 0 Å². The summed E-state index contributed by atoms with van der Waals surface area (Å²) in [6.45, 7) is 2.34. The van der Waals surface area contributed by atoms with E-state index >= 15 is 0 Å². The summed E-state index contributed by atoms with van der Waals surface area (Å²) in [5.41, 5.74) is 0. The molecule has 18 heavy (non-hydrogen) atoms. The minimum atomic E-state index is -0.319. The maximum atomic E-state index is 13.4. The molecule has 1 fully saturated rings. The van der Waals surface area contributed by atoms with Gasteiger partial charge >= 0.3 is 0 Å². The van der Waals surface area contributed by atoms with Gasteiger partial charge in [0.1, 0.15) is 6.61 Å². The Labute approximate surface area is 116 Å². The fourth-order valence-electron chi connectivity index (χ4n) is 2.35. The molecule has 2 nitrogen and oxygen atoms in total. The normalized spacial score (nSPS) is 16.1. The van der Waals surface area contributed by atoms with Crippen LogP contribution in [0, 0.1) is 11.7 Å². The van der Waals surface area contributed by atoms with Crippen molar-refractivity contribution >= 4 is 15.9 Å². The predicted octanol–water partition coefficient (Wildman–Crippen LogP) is 3.75. The molecular formula is C14H19BrFNO. The predicted molar refractivity (Wildman–Crippen MR) is 74.4 cm³/mol. The lowest BCUT2D eigenvalue weighted by Crippen LogP contribution is -2.26. The molecule has 0 heterocycles. The summed E-state index contributed by atoms with van der Waals surface area (Å²) >= 11 is 3.22. The molecule has 2 rings (SSSR count). The van der Waals surface area contributed by atoms with Gasteiger partial charge in [-0.2, -0.15) is 0 Å². The number of halogens is 2. The fourth-order valence-corrected chi connectivity index (χ4v) is 2.68. The molecule has 1 saturated carbocycles. The molecule has 1 aliphatic carbocycles. The van der Waals surface area contributed by atoms with Gasteiger partial charge in [-0.1, -0.05) is 28.8 Å². The van der Waals surface area contributed by atoms with E-state index in [1.54, 1.807) is 12.1 Å². The first-order valence-corrected chi connectivity index (χ1v) is 7.33. The van der Waals surface area contributed by atoms with Crippen molar-refractivity contribution in [3.05, 3.63) is 28.5 Å². The Hall–Kier alpha value is -0.610. The van der Waals surface area contributed by atoms with Crippen LogP contribution in [0.1, 0.15) is 25.7 Å². The first kappa shape index (κ1) is 13.8. The smallest absolute Gasteiger partial charge is 0.166 e. The van der Waals surface area contributed by atoms with Crippen molar-refractivity contribution < 1.29 is 9.13 Å². The van der Waals surface area contributed by atoms with Crippen LogP contribution in [0.25, 0.3) is 0 Å². The maximum Gasteiger partial charge on any atom is 0.166 e. The minimum Gasteiger partial charge on any atom is -0.489 e. The molecule has 1 aromatic rings. The Morgan fingerprint density at radius 3 is 2.83 bits per heavy atom. The summed E-state index contributed by atoms with van der Waals surface area (Å²) in [5, 5.41) is 3.37. The molecule has 1 aromatic carbocycles. The molecule has 0 amide bonds. The van der Waals surface area contributed by atoms with Crippen molar-refractivity contribution in [2.75, 3.05) is 19.7 Å². The average Bonchev–Trinajstić information content (AvgIpc) is 2.84. The maximum absolute atomic E-state index is 13.4. The number of hydrogen-bond donors (Lipinski definition) is 1. The molecule has 0 unspecified atom stereocenters. The molecule has 1 N–H and O–H groups in total. The largest absolute Gasteiger partial charge is 0.489 e. The van der Waals surface area contributed by atoms with Gasteiger partial charge < -0.3 is 10.1 Å². The van der Waals surface area contributed by atoms with Crippen LogP contribution in [0.2, 0.25) is 0 Å². The van der Waals surface area contributed by atoms with Gasteiger partial charge in [0.2, 0.25) is 0 Å². The third kappa shape index (κ3) is 4.25. The lowest BCUT2D eigenvalue weighted by atomic mass is 10.1. The van der Waals surface area contributed by atoms with Crippen LogP contribution in [0.15, 0.2) is 22.7 Å². The van der Waals surface area contributed by atoms with Gasteiger partial charge in [-0.05, 0) is 43.5 Å². The van der Waals surface area contributed by atoms with Gasteiger partial charge in [0.25, 0.3) is 0 Å². The monoisotopic (exact) mass is 315 g/mol. The van der Waals surface area contributed by atoms with E-state index in [1.165, 1.54) is 31.7 Å². The second-order valence-electron chi connectivity index (χ2n) is 4.78. The zero-order valence-corrected chi connectivity index (χ0v) is 12.0. The Balaban J connectivity index is 1.62. The Morgan fingerprint density at radius 1 is 1.33 bits per heavy atom. The van der Waals surface area contributed by atoms with E-state index in [-0.39, 0.29) is 5.82 Å². The van der Waals surface area contributed by atoms with Crippen LogP contribution in [0.4, 0.5) is 4.39 Å². The van der Waals surface area contributed by atoms with Crippen molar-refractivity contribution in [3.63, 3.8) is 0 Å². The van der Waals surface area contributed by atoms with Crippen LogP contribution >= 0.6 is 15.9 Å². The van der Waals surface area contributed by atoms with E-state index < -0.39 is 0 Å². The highest BCUT2D eigenvalue weighted by atomic mass is 79.9. The van der Waals surface area contributed by atoms with Crippen molar-refractivity contribution in [1.29, 1.82) is 0 Å². The molecular weight excluding hydrogens is 297 g/mol. The van der Waals surface area contributed by atoms with E-state index in [4.69, 9.17) is 4.74 Å². The second-order valence-corrected chi connectivity index (χ2v) is 5.69. The highest BCUT2D eigenvalue weighted by molar-refractivity contribution is 9.10. The van der Waals surface area contributed by atoms with Gasteiger partial charge in [-0.3, -0.25) is 0 Å². The molecule has 0 bridgehead atoms. The van der Waals surface area contributed by atoms with Crippen molar-refractivity contribution in [2.45, 2.75) is 25.7 Å². The molecule has 0 spiro atoms. The quantitative estimate of drug-likeness (QED) is 0.807. The van der Waals surface area contributed by atoms with E-state index in [1.807, 2.05) is 0 Å². The highest BCUT2D eigenvalue weighted by Crippen LogP contribution is 2.23.